The van der Waals surface area contributed by atoms with Crippen LogP contribution >= 0.6 is 0 Å². The number of rotatable bonds is 6. The summed E-state index contributed by atoms with van der Waals surface area (Å²) in [6, 6.07) is 1.77. The lowest BCUT2D eigenvalue weighted by atomic mass is 10.1. The van der Waals surface area contributed by atoms with Crippen molar-refractivity contribution in [2.75, 3.05) is 5.73 Å². The van der Waals surface area contributed by atoms with E-state index in [0.29, 0.717) is 0 Å². The van der Waals surface area contributed by atoms with Gasteiger partial charge in [0.25, 0.3) is 0 Å². The number of anilines is 1. The smallest absolute Gasteiger partial charge is 0.508 e. The van der Waals surface area contributed by atoms with E-state index in [1.54, 1.807) is 0 Å². The van der Waals surface area contributed by atoms with Crippen molar-refractivity contribution in [1.29, 1.82) is 0 Å². The number of hydrogen-bond donors (Lipinski definition) is 2. The molecule has 0 bridgehead atoms. The summed E-state index contributed by atoms with van der Waals surface area (Å²) >= 11 is 0. The molecule has 0 heterocycles. The predicted octanol–water partition coefficient (Wildman–Crippen LogP) is 5.20. The van der Waals surface area contributed by atoms with Gasteiger partial charge < -0.3 is 24.8 Å². The van der Waals surface area contributed by atoms with Gasteiger partial charge in [-0.2, -0.15) is 17.6 Å². The van der Waals surface area contributed by atoms with E-state index in [1.807, 2.05) is 0 Å². The first kappa shape index (κ1) is 25.6. The van der Waals surface area contributed by atoms with Crippen LogP contribution in [-0.2, 0) is 0 Å². The van der Waals surface area contributed by atoms with E-state index in [9.17, 15) is 49.0 Å². The lowest BCUT2D eigenvalue weighted by Gasteiger charge is -2.20. The normalized spacial score (nSPS) is 10.9. The van der Waals surface area contributed by atoms with E-state index in [2.05, 4.69) is 9.31 Å². The maximum atomic E-state index is 14.0. The Balaban J connectivity index is 2.14. The predicted molar refractivity (Wildman–Crippen MR) is 97.4 cm³/mol. The summed E-state index contributed by atoms with van der Waals surface area (Å²) in [5.74, 6) is -30.8. The monoisotopic (exact) mass is 515 g/mol. The average Bonchev–Trinajstić information content (AvgIpc) is 2.84. The first-order valence-electron chi connectivity index (χ1n) is 8.88. The molecule has 0 aromatic heterocycles. The van der Waals surface area contributed by atoms with Crippen LogP contribution in [0.3, 0.4) is 0 Å². The zero-order chi connectivity index (χ0) is 26.4. The molecular formula is C19H8BF10NO4. The molecular weight excluding hydrogens is 507 g/mol. The molecule has 0 aliphatic rings. The van der Waals surface area contributed by atoms with E-state index in [0.717, 1.165) is 12.1 Å². The van der Waals surface area contributed by atoms with Crippen LogP contribution in [-0.4, -0.2) is 12.4 Å². The van der Waals surface area contributed by atoms with Crippen LogP contribution in [0.4, 0.5) is 49.6 Å². The van der Waals surface area contributed by atoms with Crippen molar-refractivity contribution in [2.45, 2.75) is 6.92 Å². The second kappa shape index (κ2) is 9.35. The third-order valence-corrected chi connectivity index (χ3v) is 4.44. The van der Waals surface area contributed by atoms with E-state index in [-0.39, 0.29) is 5.56 Å². The van der Waals surface area contributed by atoms with Crippen molar-refractivity contribution in [3.05, 3.63) is 75.9 Å². The van der Waals surface area contributed by atoms with Crippen molar-refractivity contribution >= 4 is 13.0 Å². The summed E-state index contributed by atoms with van der Waals surface area (Å²) in [7, 11) is -2.97. The SMILES string of the molecule is Cc1c(O)ccc(OB(Oc2c(F)c(F)c(F)c(F)c2F)Oc2c(F)c(F)c(F)c(F)c2F)c1N. The highest BCUT2D eigenvalue weighted by atomic mass is 19.2. The van der Waals surface area contributed by atoms with Gasteiger partial charge in [-0.05, 0) is 19.1 Å². The molecule has 16 heteroatoms. The number of nitrogen functional groups attached to an aromatic ring is 1. The Hall–Kier alpha value is -3.98. The van der Waals surface area contributed by atoms with Gasteiger partial charge in [0.1, 0.15) is 11.5 Å². The highest BCUT2D eigenvalue weighted by molar-refractivity contribution is 6.39. The van der Waals surface area contributed by atoms with Gasteiger partial charge in [-0.15, -0.1) is 0 Å². The summed E-state index contributed by atoms with van der Waals surface area (Å²) in [4.78, 5) is 0. The van der Waals surface area contributed by atoms with Gasteiger partial charge in [0.15, 0.2) is 11.5 Å². The molecule has 0 radical (unpaired) electrons. The van der Waals surface area contributed by atoms with E-state index in [1.165, 1.54) is 6.92 Å². The van der Waals surface area contributed by atoms with E-state index < -0.39 is 94.2 Å². The van der Waals surface area contributed by atoms with Crippen LogP contribution in [0.15, 0.2) is 12.1 Å². The number of phenols is 1. The highest BCUT2D eigenvalue weighted by Crippen LogP contribution is 2.35. The summed E-state index contributed by atoms with van der Waals surface area (Å²) in [5.41, 5.74) is 5.11. The molecule has 3 aromatic carbocycles. The van der Waals surface area contributed by atoms with Crippen molar-refractivity contribution in [3.8, 4) is 23.0 Å². The molecule has 0 saturated carbocycles. The van der Waals surface area contributed by atoms with E-state index in [4.69, 9.17) is 10.4 Å². The maximum absolute atomic E-state index is 14.0. The Kier molecular flexibility index (Phi) is 6.85. The fourth-order valence-corrected chi connectivity index (χ4v) is 2.54. The first-order valence-corrected chi connectivity index (χ1v) is 8.88. The number of hydrogen-bond acceptors (Lipinski definition) is 5. The van der Waals surface area contributed by atoms with Gasteiger partial charge in [-0.3, -0.25) is 0 Å². The summed E-state index contributed by atoms with van der Waals surface area (Å²) in [5, 5.41) is 9.61. The Labute approximate surface area is 188 Å². The molecule has 3 rings (SSSR count). The van der Waals surface area contributed by atoms with Crippen LogP contribution in [0.25, 0.3) is 0 Å². The fourth-order valence-electron chi connectivity index (χ4n) is 2.54. The number of phenolic OH excluding ortho intramolecular Hbond substituents is 1. The lowest BCUT2D eigenvalue weighted by molar-refractivity contribution is 0.260. The van der Waals surface area contributed by atoms with E-state index >= 15 is 0 Å². The second-order valence-electron chi connectivity index (χ2n) is 6.56. The van der Waals surface area contributed by atoms with Crippen molar-refractivity contribution in [2.24, 2.45) is 0 Å². The van der Waals surface area contributed by atoms with Crippen LogP contribution in [0.1, 0.15) is 5.56 Å². The molecule has 3 N–H and O–H groups in total. The minimum Gasteiger partial charge on any atom is -0.508 e. The number of aromatic hydroxyl groups is 1. The Morgan fingerprint density at radius 1 is 0.600 bits per heavy atom. The Morgan fingerprint density at radius 3 is 1.31 bits per heavy atom. The topological polar surface area (TPSA) is 73.9 Å². The van der Waals surface area contributed by atoms with Gasteiger partial charge >= 0.3 is 7.32 Å². The zero-order valence-corrected chi connectivity index (χ0v) is 16.8. The molecule has 0 atom stereocenters. The van der Waals surface area contributed by atoms with Crippen molar-refractivity contribution < 1.29 is 63.0 Å². The van der Waals surface area contributed by atoms with Crippen LogP contribution < -0.4 is 19.7 Å². The Morgan fingerprint density at radius 2 is 0.943 bits per heavy atom. The molecule has 35 heavy (non-hydrogen) atoms. The zero-order valence-electron chi connectivity index (χ0n) is 16.8. The number of nitrogens with two attached hydrogens (primary N) is 1. The molecule has 0 aliphatic carbocycles. The minimum atomic E-state index is -2.97. The fraction of sp³-hybridized carbons (Fsp3) is 0.0526. The first-order chi connectivity index (χ1) is 16.3. The number of halogens is 10. The lowest BCUT2D eigenvalue weighted by Crippen LogP contribution is -2.39. The minimum absolute atomic E-state index is 0.0892. The Bertz CT molecular complexity index is 1210. The third kappa shape index (κ3) is 4.42. The van der Waals surface area contributed by atoms with Gasteiger partial charge in [0.05, 0.1) is 5.69 Å². The van der Waals surface area contributed by atoms with Gasteiger partial charge in [-0.1, -0.05) is 0 Å². The molecule has 5 nitrogen and oxygen atoms in total. The van der Waals surface area contributed by atoms with Crippen LogP contribution in [0, 0.1) is 65.1 Å². The van der Waals surface area contributed by atoms with Crippen LogP contribution in [0.2, 0.25) is 0 Å². The molecule has 0 saturated heterocycles. The molecule has 3 aromatic rings. The molecule has 0 spiro atoms. The summed E-state index contributed by atoms with van der Waals surface area (Å²) in [6.07, 6.45) is 0. The molecule has 186 valence electrons. The standard InChI is InChI=1S/C19H8BF10NO4/c1-4-5(32)2-3-6(17(4)31)33-20(34-18-13(27)9(23)7(21)10(24)14(18)28)35-19-15(29)11(25)8(22)12(26)16(19)30/h2-3,32H,31H2,1H3. The largest absolute Gasteiger partial charge is 0.864 e. The number of benzene rings is 3. The second-order valence-corrected chi connectivity index (χ2v) is 6.56. The highest BCUT2D eigenvalue weighted by Gasteiger charge is 2.40. The average molecular weight is 515 g/mol. The molecule has 0 unspecified atom stereocenters. The molecule has 0 fully saturated rings. The quantitative estimate of drug-likeness (QED) is 0.155. The third-order valence-electron chi connectivity index (χ3n) is 4.44. The van der Waals surface area contributed by atoms with Crippen LogP contribution in [0.5, 0.6) is 23.0 Å². The molecule has 0 amide bonds. The van der Waals surface area contributed by atoms with Gasteiger partial charge in [0.2, 0.25) is 58.2 Å². The summed E-state index contributed by atoms with van der Waals surface area (Å²) in [6.45, 7) is 1.22. The van der Waals surface area contributed by atoms with Gasteiger partial charge in [0, 0.05) is 5.56 Å². The molecule has 0 aliphatic heterocycles. The van der Waals surface area contributed by atoms with Crippen molar-refractivity contribution in [3.63, 3.8) is 0 Å². The van der Waals surface area contributed by atoms with Gasteiger partial charge in [-0.25, -0.2) is 26.3 Å². The van der Waals surface area contributed by atoms with Crippen molar-refractivity contribution in [1.82, 2.24) is 0 Å². The maximum Gasteiger partial charge on any atom is 0.864 e. The summed E-state index contributed by atoms with van der Waals surface area (Å²) < 4.78 is 151.